The van der Waals surface area contributed by atoms with Crippen LogP contribution in [0.15, 0.2) is 36.4 Å². The monoisotopic (exact) mass is 470 g/mol. The standard InChI is InChI=1S/C28H38O6/c1-8-31-27(29)14-10-21-15-22(9-13-25(21)32-17-18(2)3)28(30)24-12-11-23(33-19(4)5)16-26(24)34-20(6)7/h9,11-13,15-16,18-20H,8,10,14,17H2,1-7H3. The van der Waals surface area contributed by atoms with Crippen LogP contribution in [0.25, 0.3) is 0 Å². The SMILES string of the molecule is CCOC(=O)CCc1cc(C(=O)c2ccc(OC(C)C)cc2OC(C)C)ccc1OCC(C)C. The van der Waals surface area contributed by atoms with E-state index in [1.165, 1.54) is 0 Å². The molecule has 0 amide bonds. The van der Waals surface area contributed by atoms with Gasteiger partial charge in [0.05, 0.1) is 31.0 Å². The highest BCUT2D eigenvalue weighted by Gasteiger charge is 2.19. The Kier molecular flexibility index (Phi) is 10.4. The van der Waals surface area contributed by atoms with Crippen LogP contribution < -0.4 is 14.2 Å². The van der Waals surface area contributed by atoms with E-state index in [1.807, 2.05) is 27.7 Å². The molecule has 0 fully saturated rings. The van der Waals surface area contributed by atoms with E-state index in [1.54, 1.807) is 43.3 Å². The van der Waals surface area contributed by atoms with Gasteiger partial charge in [-0.15, -0.1) is 0 Å². The molecule has 0 aliphatic heterocycles. The molecule has 34 heavy (non-hydrogen) atoms. The van der Waals surface area contributed by atoms with Crippen molar-refractivity contribution in [2.75, 3.05) is 13.2 Å². The average molecular weight is 471 g/mol. The Labute approximate surface area is 203 Å². The summed E-state index contributed by atoms with van der Waals surface area (Å²) in [6.07, 6.45) is 0.540. The van der Waals surface area contributed by atoms with E-state index in [0.717, 1.165) is 5.56 Å². The summed E-state index contributed by atoms with van der Waals surface area (Å²) in [5, 5.41) is 0. The Morgan fingerprint density at radius 3 is 2.18 bits per heavy atom. The van der Waals surface area contributed by atoms with Crippen molar-refractivity contribution in [3.63, 3.8) is 0 Å². The predicted molar refractivity (Wildman–Crippen MR) is 133 cm³/mol. The van der Waals surface area contributed by atoms with Gasteiger partial charge in [-0.1, -0.05) is 13.8 Å². The molecule has 186 valence electrons. The second-order valence-electron chi connectivity index (χ2n) is 9.15. The first-order valence-electron chi connectivity index (χ1n) is 12.0. The largest absolute Gasteiger partial charge is 0.493 e. The van der Waals surface area contributed by atoms with Crippen LogP contribution >= 0.6 is 0 Å². The van der Waals surface area contributed by atoms with Gasteiger partial charge in [-0.25, -0.2) is 0 Å². The molecule has 0 bridgehead atoms. The van der Waals surface area contributed by atoms with Gasteiger partial charge in [-0.3, -0.25) is 9.59 Å². The van der Waals surface area contributed by atoms with Gasteiger partial charge in [0.25, 0.3) is 0 Å². The minimum absolute atomic E-state index is 0.00814. The molecule has 2 rings (SSSR count). The van der Waals surface area contributed by atoms with Crippen LogP contribution in [0.1, 0.15) is 76.4 Å². The minimum Gasteiger partial charge on any atom is -0.493 e. The van der Waals surface area contributed by atoms with Gasteiger partial charge >= 0.3 is 5.97 Å². The van der Waals surface area contributed by atoms with E-state index in [9.17, 15) is 9.59 Å². The highest BCUT2D eigenvalue weighted by Crippen LogP contribution is 2.30. The number of carbonyl (C=O) groups excluding carboxylic acids is 2. The molecule has 0 heterocycles. The number of ketones is 1. The quantitative estimate of drug-likeness (QED) is 0.263. The summed E-state index contributed by atoms with van der Waals surface area (Å²) in [5.74, 6) is 1.71. The lowest BCUT2D eigenvalue weighted by molar-refractivity contribution is -0.143. The molecule has 0 spiro atoms. The fourth-order valence-electron chi connectivity index (χ4n) is 3.33. The number of carbonyl (C=O) groups is 2. The van der Waals surface area contributed by atoms with Gasteiger partial charge in [0.15, 0.2) is 5.78 Å². The molecule has 0 atom stereocenters. The Bertz CT molecular complexity index is 961. The summed E-state index contributed by atoms with van der Waals surface area (Å²) in [6, 6.07) is 10.6. The second kappa shape index (κ2) is 13.0. The zero-order valence-corrected chi connectivity index (χ0v) is 21.5. The number of esters is 1. The van der Waals surface area contributed by atoms with Crippen LogP contribution in [0.4, 0.5) is 0 Å². The minimum atomic E-state index is -0.276. The van der Waals surface area contributed by atoms with Crippen LogP contribution in [0, 0.1) is 5.92 Å². The summed E-state index contributed by atoms with van der Waals surface area (Å²) in [7, 11) is 0. The molecule has 0 saturated heterocycles. The number of hydrogen-bond acceptors (Lipinski definition) is 6. The van der Waals surface area contributed by atoms with E-state index in [4.69, 9.17) is 18.9 Å². The number of benzene rings is 2. The zero-order chi connectivity index (χ0) is 25.3. The maximum absolute atomic E-state index is 13.5. The molecular formula is C28H38O6. The van der Waals surface area contributed by atoms with Crippen LogP contribution in [0.2, 0.25) is 0 Å². The average Bonchev–Trinajstić information content (AvgIpc) is 2.75. The number of aryl methyl sites for hydroxylation is 1. The van der Waals surface area contributed by atoms with E-state index in [-0.39, 0.29) is 30.4 Å². The summed E-state index contributed by atoms with van der Waals surface area (Å²) in [4.78, 5) is 25.4. The zero-order valence-electron chi connectivity index (χ0n) is 21.5. The summed E-state index contributed by atoms with van der Waals surface area (Å²) in [6.45, 7) is 14.5. The third kappa shape index (κ3) is 8.40. The fraction of sp³-hybridized carbons (Fsp3) is 0.500. The molecule has 6 nitrogen and oxygen atoms in total. The first kappa shape index (κ1) is 27.2. The number of hydrogen-bond donors (Lipinski definition) is 0. The smallest absolute Gasteiger partial charge is 0.306 e. The summed E-state index contributed by atoms with van der Waals surface area (Å²) >= 11 is 0. The fourth-order valence-corrected chi connectivity index (χ4v) is 3.33. The number of rotatable bonds is 13. The molecule has 0 N–H and O–H groups in total. The van der Waals surface area contributed by atoms with Crippen molar-refractivity contribution in [3.8, 4) is 17.2 Å². The Morgan fingerprint density at radius 2 is 1.56 bits per heavy atom. The molecule has 0 radical (unpaired) electrons. The molecule has 0 aliphatic carbocycles. The molecule has 0 aliphatic rings. The molecule has 2 aromatic carbocycles. The first-order chi connectivity index (χ1) is 16.1. The van der Waals surface area contributed by atoms with Crippen LogP contribution in [0.3, 0.4) is 0 Å². The normalized spacial score (nSPS) is 11.1. The Morgan fingerprint density at radius 1 is 0.853 bits per heavy atom. The molecular weight excluding hydrogens is 432 g/mol. The van der Waals surface area contributed by atoms with Crippen molar-refractivity contribution in [2.24, 2.45) is 5.92 Å². The maximum Gasteiger partial charge on any atom is 0.306 e. The van der Waals surface area contributed by atoms with E-state index in [2.05, 4.69) is 13.8 Å². The molecule has 2 aromatic rings. The van der Waals surface area contributed by atoms with Gasteiger partial charge in [0, 0.05) is 18.1 Å². The van der Waals surface area contributed by atoms with Crippen molar-refractivity contribution >= 4 is 11.8 Å². The molecule has 0 unspecified atom stereocenters. The van der Waals surface area contributed by atoms with Gasteiger partial charge in [0.2, 0.25) is 0 Å². The van der Waals surface area contributed by atoms with Crippen molar-refractivity contribution in [1.82, 2.24) is 0 Å². The van der Waals surface area contributed by atoms with Gasteiger partial charge in [-0.2, -0.15) is 0 Å². The second-order valence-corrected chi connectivity index (χ2v) is 9.15. The molecule has 6 heteroatoms. The van der Waals surface area contributed by atoms with Gasteiger partial charge < -0.3 is 18.9 Å². The van der Waals surface area contributed by atoms with Crippen LogP contribution in [0.5, 0.6) is 17.2 Å². The van der Waals surface area contributed by atoms with E-state index < -0.39 is 0 Å². The Balaban J connectivity index is 2.39. The first-order valence-corrected chi connectivity index (χ1v) is 12.0. The summed E-state index contributed by atoms with van der Waals surface area (Å²) in [5.41, 5.74) is 1.75. The maximum atomic E-state index is 13.5. The van der Waals surface area contributed by atoms with Crippen LogP contribution in [-0.2, 0) is 16.0 Å². The van der Waals surface area contributed by atoms with Crippen LogP contribution in [-0.4, -0.2) is 37.2 Å². The predicted octanol–water partition coefficient (Wildman–Crippen LogP) is 6.02. The van der Waals surface area contributed by atoms with Gasteiger partial charge in [-0.05, 0) is 82.9 Å². The van der Waals surface area contributed by atoms with E-state index >= 15 is 0 Å². The topological polar surface area (TPSA) is 71.1 Å². The van der Waals surface area contributed by atoms with Crippen molar-refractivity contribution in [2.45, 2.75) is 73.5 Å². The highest BCUT2D eigenvalue weighted by atomic mass is 16.5. The third-order valence-corrected chi connectivity index (χ3v) is 4.73. The molecule has 0 aromatic heterocycles. The lowest BCUT2D eigenvalue weighted by Crippen LogP contribution is -2.13. The molecule has 0 saturated carbocycles. The van der Waals surface area contributed by atoms with Crippen molar-refractivity contribution < 1.29 is 28.5 Å². The van der Waals surface area contributed by atoms with E-state index in [0.29, 0.717) is 53.9 Å². The Hall–Kier alpha value is -3.02. The van der Waals surface area contributed by atoms with Crippen molar-refractivity contribution in [3.05, 3.63) is 53.1 Å². The van der Waals surface area contributed by atoms with Crippen molar-refractivity contribution in [1.29, 1.82) is 0 Å². The van der Waals surface area contributed by atoms with Gasteiger partial charge in [0.1, 0.15) is 17.2 Å². The highest BCUT2D eigenvalue weighted by molar-refractivity contribution is 6.11. The third-order valence-electron chi connectivity index (χ3n) is 4.73. The lowest BCUT2D eigenvalue weighted by Gasteiger charge is -2.18. The lowest BCUT2D eigenvalue weighted by atomic mass is 9.98. The summed E-state index contributed by atoms with van der Waals surface area (Å²) < 4.78 is 22.7. The number of ether oxygens (including phenoxy) is 4.